The van der Waals surface area contributed by atoms with Crippen molar-refractivity contribution in [1.29, 1.82) is 0 Å². The number of fused-ring (bicyclic) bond motifs is 1. The lowest BCUT2D eigenvalue weighted by Crippen LogP contribution is -2.13. The molecule has 15 heavy (non-hydrogen) atoms. The summed E-state index contributed by atoms with van der Waals surface area (Å²) in [6, 6.07) is 15.0. The molecule has 0 aliphatic heterocycles. The van der Waals surface area contributed by atoms with Crippen LogP contribution in [0.5, 0.6) is 0 Å². The van der Waals surface area contributed by atoms with E-state index in [9.17, 15) is 0 Å². The van der Waals surface area contributed by atoms with Crippen molar-refractivity contribution < 1.29 is 0 Å². The van der Waals surface area contributed by atoms with Crippen LogP contribution in [-0.2, 0) is 6.42 Å². The lowest BCUT2D eigenvalue weighted by molar-refractivity contribution is 0.595. The normalized spacial score (nSPS) is 12.9. The fourth-order valence-electron chi connectivity index (χ4n) is 1.93. The van der Waals surface area contributed by atoms with Crippen LogP contribution in [0.4, 0.5) is 0 Å². The zero-order chi connectivity index (χ0) is 10.7. The molecular formula is C14H17N. The molecule has 0 aliphatic carbocycles. The van der Waals surface area contributed by atoms with E-state index in [-0.39, 0.29) is 0 Å². The molecule has 0 amide bonds. The van der Waals surface area contributed by atoms with E-state index in [2.05, 4.69) is 49.4 Å². The van der Waals surface area contributed by atoms with Crippen molar-refractivity contribution in [1.82, 2.24) is 0 Å². The molecule has 0 unspecified atom stereocenters. The Labute approximate surface area is 90.9 Å². The Kier molecular flexibility index (Phi) is 3.02. The van der Waals surface area contributed by atoms with E-state index in [4.69, 9.17) is 5.73 Å². The van der Waals surface area contributed by atoms with Gasteiger partial charge in [0.2, 0.25) is 0 Å². The Morgan fingerprint density at radius 2 is 1.80 bits per heavy atom. The second-order valence-electron chi connectivity index (χ2n) is 4.18. The number of nitrogens with two attached hydrogens (primary N) is 1. The van der Waals surface area contributed by atoms with E-state index >= 15 is 0 Å². The number of hydrogen-bond acceptors (Lipinski definition) is 1. The molecule has 0 bridgehead atoms. The average molecular weight is 199 g/mol. The average Bonchev–Trinajstić information content (AvgIpc) is 2.29. The molecule has 1 atom stereocenters. The van der Waals surface area contributed by atoms with Gasteiger partial charge in [-0.25, -0.2) is 0 Å². The van der Waals surface area contributed by atoms with Gasteiger partial charge in [0.15, 0.2) is 0 Å². The van der Waals surface area contributed by atoms with Gasteiger partial charge in [0.05, 0.1) is 0 Å². The largest absolute Gasteiger partial charge is 0.330 e. The molecule has 0 fully saturated rings. The minimum atomic E-state index is 0.552. The first-order valence-electron chi connectivity index (χ1n) is 5.48. The summed E-state index contributed by atoms with van der Waals surface area (Å²) in [5.74, 6) is 0.552. The van der Waals surface area contributed by atoms with E-state index in [1.165, 1.54) is 16.3 Å². The van der Waals surface area contributed by atoms with Crippen LogP contribution in [0, 0.1) is 5.92 Å². The third kappa shape index (κ3) is 2.18. The summed E-state index contributed by atoms with van der Waals surface area (Å²) in [6.07, 6.45) is 1.07. The number of hydrogen-bond donors (Lipinski definition) is 1. The van der Waals surface area contributed by atoms with Crippen LogP contribution >= 0.6 is 0 Å². The van der Waals surface area contributed by atoms with Crippen LogP contribution in [0.15, 0.2) is 42.5 Å². The Morgan fingerprint density at radius 1 is 1.07 bits per heavy atom. The summed E-state index contributed by atoms with van der Waals surface area (Å²) in [7, 11) is 0. The van der Waals surface area contributed by atoms with E-state index in [0.29, 0.717) is 5.92 Å². The number of rotatable bonds is 3. The second kappa shape index (κ2) is 4.45. The van der Waals surface area contributed by atoms with Crippen LogP contribution in [0.25, 0.3) is 10.8 Å². The van der Waals surface area contributed by atoms with Crippen LogP contribution in [0.1, 0.15) is 12.5 Å². The van der Waals surface area contributed by atoms with E-state index in [0.717, 1.165) is 13.0 Å². The van der Waals surface area contributed by atoms with Crippen molar-refractivity contribution in [2.75, 3.05) is 6.54 Å². The van der Waals surface area contributed by atoms with Crippen molar-refractivity contribution in [3.63, 3.8) is 0 Å². The molecule has 2 rings (SSSR count). The predicted molar refractivity (Wildman–Crippen MR) is 65.9 cm³/mol. The molecule has 2 N–H and O–H groups in total. The molecule has 0 saturated carbocycles. The third-order valence-electron chi connectivity index (χ3n) is 2.85. The lowest BCUT2D eigenvalue weighted by atomic mass is 9.96. The van der Waals surface area contributed by atoms with Crippen molar-refractivity contribution in [3.05, 3.63) is 48.0 Å². The van der Waals surface area contributed by atoms with Gasteiger partial charge in [0.25, 0.3) is 0 Å². The van der Waals surface area contributed by atoms with Gasteiger partial charge < -0.3 is 5.73 Å². The molecule has 1 heteroatoms. The first-order chi connectivity index (χ1) is 7.31. The quantitative estimate of drug-likeness (QED) is 0.808. The number of benzene rings is 2. The van der Waals surface area contributed by atoms with Gasteiger partial charge >= 0.3 is 0 Å². The van der Waals surface area contributed by atoms with Crippen LogP contribution in [0.2, 0.25) is 0 Å². The molecule has 0 radical (unpaired) electrons. The Hall–Kier alpha value is -1.34. The van der Waals surface area contributed by atoms with Crippen LogP contribution in [0.3, 0.4) is 0 Å². The summed E-state index contributed by atoms with van der Waals surface area (Å²) in [5.41, 5.74) is 7.07. The first-order valence-corrected chi connectivity index (χ1v) is 5.48. The molecule has 78 valence electrons. The van der Waals surface area contributed by atoms with E-state index in [1.54, 1.807) is 0 Å². The summed E-state index contributed by atoms with van der Waals surface area (Å²) >= 11 is 0. The van der Waals surface area contributed by atoms with E-state index in [1.807, 2.05) is 0 Å². The Morgan fingerprint density at radius 3 is 2.60 bits per heavy atom. The van der Waals surface area contributed by atoms with Crippen molar-refractivity contribution in [2.45, 2.75) is 13.3 Å². The summed E-state index contributed by atoms with van der Waals surface area (Å²) in [4.78, 5) is 0. The van der Waals surface area contributed by atoms with Gasteiger partial charge in [-0.2, -0.15) is 0 Å². The zero-order valence-electron chi connectivity index (χ0n) is 9.11. The van der Waals surface area contributed by atoms with Crippen molar-refractivity contribution in [2.24, 2.45) is 11.7 Å². The molecule has 2 aromatic rings. The van der Waals surface area contributed by atoms with Crippen LogP contribution < -0.4 is 5.73 Å². The maximum atomic E-state index is 5.66. The van der Waals surface area contributed by atoms with Crippen LogP contribution in [-0.4, -0.2) is 6.54 Å². The van der Waals surface area contributed by atoms with Gasteiger partial charge in [-0.3, -0.25) is 0 Å². The molecule has 1 nitrogen and oxygen atoms in total. The monoisotopic (exact) mass is 199 g/mol. The molecule has 2 aromatic carbocycles. The van der Waals surface area contributed by atoms with Crippen molar-refractivity contribution in [3.8, 4) is 0 Å². The Balaban J connectivity index is 2.42. The minimum Gasteiger partial charge on any atom is -0.330 e. The fourth-order valence-corrected chi connectivity index (χ4v) is 1.93. The zero-order valence-corrected chi connectivity index (χ0v) is 9.11. The highest BCUT2D eigenvalue weighted by atomic mass is 14.5. The smallest absolute Gasteiger partial charge is 0.00483 e. The molecule has 0 aliphatic rings. The van der Waals surface area contributed by atoms with Gasteiger partial charge in [-0.1, -0.05) is 49.4 Å². The second-order valence-corrected chi connectivity index (χ2v) is 4.18. The highest BCUT2D eigenvalue weighted by Gasteiger charge is 2.04. The lowest BCUT2D eigenvalue weighted by Gasteiger charge is -2.10. The van der Waals surface area contributed by atoms with E-state index < -0.39 is 0 Å². The van der Waals surface area contributed by atoms with Gasteiger partial charge in [-0.15, -0.1) is 0 Å². The summed E-state index contributed by atoms with van der Waals surface area (Å²) in [5, 5.41) is 2.68. The Bertz CT molecular complexity index is 443. The maximum Gasteiger partial charge on any atom is -0.00483 e. The topological polar surface area (TPSA) is 26.0 Å². The highest BCUT2D eigenvalue weighted by molar-refractivity contribution is 5.85. The molecule has 0 aromatic heterocycles. The van der Waals surface area contributed by atoms with Crippen molar-refractivity contribution >= 4 is 10.8 Å². The maximum absolute atomic E-state index is 5.66. The fraction of sp³-hybridized carbons (Fsp3) is 0.286. The first kappa shape index (κ1) is 10.2. The predicted octanol–water partition coefficient (Wildman–Crippen LogP) is 2.98. The van der Waals surface area contributed by atoms with Gasteiger partial charge in [0.1, 0.15) is 0 Å². The minimum absolute atomic E-state index is 0.552. The van der Waals surface area contributed by atoms with Gasteiger partial charge in [0, 0.05) is 0 Å². The summed E-state index contributed by atoms with van der Waals surface area (Å²) in [6.45, 7) is 2.95. The SMILES string of the molecule is C[C@@H](CN)Cc1cccc2ccccc12. The molecule has 0 heterocycles. The summed E-state index contributed by atoms with van der Waals surface area (Å²) < 4.78 is 0. The molecule has 0 saturated heterocycles. The highest BCUT2D eigenvalue weighted by Crippen LogP contribution is 2.20. The standard InChI is InChI=1S/C14H17N/c1-11(10-15)9-13-7-4-6-12-5-2-3-8-14(12)13/h2-8,11H,9-10,15H2,1H3/t11-/m1/s1. The molecule has 0 spiro atoms. The van der Waals surface area contributed by atoms with Gasteiger partial charge in [-0.05, 0) is 35.2 Å². The third-order valence-corrected chi connectivity index (χ3v) is 2.85. The molecular weight excluding hydrogens is 182 g/mol.